The van der Waals surface area contributed by atoms with Crippen molar-refractivity contribution in [2.75, 3.05) is 0 Å². The Kier molecular flexibility index (Phi) is 7.56. The van der Waals surface area contributed by atoms with Gasteiger partial charge in [-0.3, -0.25) is 4.98 Å². The van der Waals surface area contributed by atoms with Gasteiger partial charge in [-0.15, -0.1) is 10.2 Å². The molecule has 6 nitrogen and oxygen atoms in total. The summed E-state index contributed by atoms with van der Waals surface area (Å²) in [6.07, 6.45) is 12.7. The van der Waals surface area contributed by atoms with Crippen LogP contribution >= 0.6 is 0 Å². The van der Waals surface area contributed by atoms with Gasteiger partial charge in [0.15, 0.2) is 0 Å². The van der Waals surface area contributed by atoms with Gasteiger partial charge in [-0.2, -0.15) is 4.80 Å². The number of hydrogen-bond acceptors (Lipinski definition) is 3. The van der Waals surface area contributed by atoms with E-state index in [1.54, 1.807) is 11.0 Å². The first-order valence-corrected chi connectivity index (χ1v) is 20.2. The van der Waals surface area contributed by atoms with E-state index < -0.39 is 0 Å². The van der Waals surface area contributed by atoms with Crippen LogP contribution in [0.5, 0.6) is 0 Å². The second-order valence-electron chi connectivity index (χ2n) is 15.3. The van der Waals surface area contributed by atoms with Crippen LogP contribution in [-0.4, -0.2) is 29.1 Å². The molecule has 12 rings (SSSR count). The Bertz CT molecular complexity index is 3470. The Hall–Kier alpha value is -7.83. The van der Waals surface area contributed by atoms with E-state index in [0.29, 0.717) is 0 Å². The lowest BCUT2D eigenvalue weighted by molar-refractivity contribution is 0.766. The molecule has 0 saturated heterocycles. The Labute approximate surface area is 340 Å². The molecular weight excluding hydrogens is 721 g/mol. The molecule has 0 fully saturated rings. The Morgan fingerprint density at radius 3 is 1.86 bits per heavy atom. The minimum Gasteiger partial charge on any atom is -0.310 e. The molecule has 0 N–H and O–H groups in total. The first kappa shape index (κ1) is 33.3. The number of hydrogen-bond donors (Lipinski definition) is 0. The molecular formula is C53H36N6. The maximum absolute atomic E-state index is 5.21. The fourth-order valence-corrected chi connectivity index (χ4v) is 9.03. The number of fused-ring (bicyclic) bond motifs is 7. The van der Waals surface area contributed by atoms with Crippen LogP contribution < -0.4 is 0 Å². The third kappa shape index (κ3) is 5.45. The highest BCUT2D eigenvalue weighted by molar-refractivity contribution is 6.13. The topological polar surface area (TPSA) is 53.5 Å². The standard InChI is InChI=1S/C53H36N6/c1-3-13-40(14-4-1)57-49-19-9-7-17-43(49)46-30-36(23-27-51(46)57)39-32-45(53-48(33-39)55-59(56-53)42-25-21-35(22-26-42)38-12-11-29-54-34-38)37-24-28-52-47(31-37)44-18-8-10-20-50(44)58(52)41-15-5-2-6-16-41/h1,3-5,7-34H,2,6H2. The molecule has 0 unspecified atom stereocenters. The zero-order valence-electron chi connectivity index (χ0n) is 32.1. The van der Waals surface area contributed by atoms with Gasteiger partial charge in [0.05, 0.1) is 27.8 Å². The molecule has 59 heavy (non-hydrogen) atoms. The van der Waals surface area contributed by atoms with Crippen molar-refractivity contribution in [2.24, 2.45) is 0 Å². The van der Waals surface area contributed by atoms with Crippen molar-refractivity contribution in [3.8, 4) is 44.8 Å². The van der Waals surface area contributed by atoms with Crippen LogP contribution in [-0.2, 0) is 0 Å². The SMILES string of the molecule is C1=CC(n2c3ccccc3c3cc(-c4cc(-c5ccc6c(c5)c5ccccc5n6-c5ccccc5)cc5nn(-c6ccc(-c7cccnc7)cc6)nc45)ccc32)=CCC1. The molecule has 4 heterocycles. The fraction of sp³-hybridized carbons (Fsp3) is 0.0377. The van der Waals surface area contributed by atoms with Crippen LogP contribution in [0.4, 0.5) is 0 Å². The van der Waals surface area contributed by atoms with E-state index >= 15 is 0 Å². The third-order valence-electron chi connectivity index (χ3n) is 11.8. The summed E-state index contributed by atoms with van der Waals surface area (Å²) < 4.78 is 4.77. The summed E-state index contributed by atoms with van der Waals surface area (Å²) in [4.78, 5) is 6.08. The molecule has 278 valence electrons. The summed E-state index contributed by atoms with van der Waals surface area (Å²) in [6, 6.07) is 58.7. The zero-order chi connectivity index (χ0) is 38.9. The van der Waals surface area contributed by atoms with Gasteiger partial charge >= 0.3 is 0 Å². The van der Waals surface area contributed by atoms with E-state index in [1.165, 1.54) is 49.3 Å². The zero-order valence-corrected chi connectivity index (χ0v) is 32.1. The number of pyridine rings is 1. The average Bonchev–Trinajstić information content (AvgIpc) is 4.00. The smallest absolute Gasteiger partial charge is 0.121 e. The predicted octanol–water partition coefficient (Wildman–Crippen LogP) is 13.2. The average molecular weight is 757 g/mol. The Balaban J connectivity index is 1.06. The van der Waals surface area contributed by atoms with Crippen LogP contribution in [0.15, 0.2) is 194 Å². The Morgan fingerprint density at radius 1 is 0.441 bits per heavy atom. The normalized spacial score (nSPS) is 13.0. The second-order valence-corrected chi connectivity index (χ2v) is 15.3. The monoisotopic (exact) mass is 756 g/mol. The summed E-state index contributed by atoms with van der Waals surface area (Å²) in [6.45, 7) is 0. The molecule has 6 heteroatoms. The maximum atomic E-state index is 5.21. The summed E-state index contributed by atoms with van der Waals surface area (Å²) in [7, 11) is 0. The highest BCUT2D eigenvalue weighted by Gasteiger charge is 2.19. The summed E-state index contributed by atoms with van der Waals surface area (Å²) in [5.74, 6) is 0. The van der Waals surface area contributed by atoms with Crippen LogP contribution in [0, 0.1) is 0 Å². The van der Waals surface area contributed by atoms with Crippen LogP contribution in [0.1, 0.15) is 12.8 Å². The van der Waals surface area contributed by atoms with Gasteiger partial charge in [-0.05, 0) is 126 Å². The highest BCUT2D eigenvalue weighted by Crippen LogP contribution is 2.40. The number of benzene rings is 7. The quantitative estimate of drug-likeness (QED) is 0.170. The minimum absolute atomic E-state index is 0.834. The van der Waals surface area contributed by atoms with Gasteiger partial charge in [-0.1, -0.05) is 97.1 Å². The number of para-hydroxylation sites is 3. The van der Waals surface area contributed by atoms with Crippen LogP contribution in [0.3, 0.4) is 0 Å². The number of allylic oxidation sites excluding steroid dienone is 4. The van der Waals surface area contributed by atoms with Crippen molar-refractivity contribution >= 4 is 60.3 Å². The van der Waals surface area contributed by atoms with Gasteiger partial charge in [0, 0.05) is 50.9 Å². The lowest BCUT2D eigenvalue weighted by Crippen LogP contribution is -1.98. The largest absolute Gasteiger partial charge is 0.310 e. The van der Waals surface area contributed by atoms with E-state index in [-0.39, 0.29) is 0 Å². The number of aromatic nitrogens is 6. The van der Waals surface area contributed by atoms with E-state index in [9.17, 15) is 0 Å². The van der Waals surface area contributed by atoms with Crippen molar-refractivity contribution in [2.45, 2.75) is 12.8 Å². The minimum atomic E-state index is 0.834. The van der Waals surface area contributed by atoms with Gasteiger partial charge < -0.3 is 9.13 Å². The van der Waals surface area contributed by atoms with Gasteiger partial charge in [0.1, 0.15) is 11.0 Å². The van der Waals surface area contributed by atoms with Crippen molar-refractivity contribution in [1.29, 1.82) is 0 Å². The fourth-order valence-electron chi connectivity index (χ4n) is 9.03. The molecule has 0 atom stereocenters. The Morgan fingerprint density at radius 2 is 1.12 bits per heavy atom. The summed E-state index contributed by atoms with van der Waals surface area (Å²) in [5.41, 5.74) is 16.2. The molecule has 0 saturated carbocycles. The highest BCUT2D eigenvalue weighted by atomic mass is 15.5. The molecule has 4 aromatic heterocycles. The van der Waals surface area contributed by atoms with Crippen molar-refractivity contribution < 1.29 is 0 Å². The lowest BCUT2D eigenvalue weighted by Gasteiger charge is -2.12. The van der Waals surface area contributed by atoms with E-state index in [2.05, 4.69) is 190 Å². The van der Waals surface area contributed by atoms with E-state index in [0.717, 1.165) is 68.6 Å². The predicted molar refractivity (Wildman–Crippen MR) is 243 cm³/mol. The maximum Gasteiger partial charge on any atom is 0.121 e. The van der Waals surface area contributed by atoms with Crippen LogP contribution in [0.2, 0.25) is 0 Å². The van der Waals surface area contributed by atoms with Crippen molar-refractivity contribution in [3.63, 3.8) is 0 Å². The molecule has 1 aliphatic carbocycles. The van der Waals surface area contributed by atoms with E-state index in [1.807, 2.05) is 12.3 Å². The van der Waals surface area contributed by atoms with Crippen LogP contribution in [0.25, 0.3) is 105 Å². The first-order chi connectivity index (χ1) is 29.2. The van der Waals surface area contributed by atoms with E-state index in [4.69, 9.17) is 10.2 Å². The van der Waals surface area contributed by atoms with Gasteiger partial charge in [0.25, 0.3) is 0 Å². The third-order valence-corrected chi connectivity index (χ3v) is 11.8. The lowest BCUT2D eigenvalue weighted by atomic mass is 9.95. The molecule has 1 aliphatic rings. The first-order valence-electron chi connectivity index (χ1n) is 20.2. The molecule has 0 radical (unpaired) electrons. The summed E-state index contributed by atoms with van der Waals surface area (Å²) >= 11 is 0. The van der Waals surface area contributed by atoms with Crippen molar-refractivity contribution in [3.05, 3.63) is 194 Å². The van der Waals surface area contributed by atoms with Gasteiger partial charge in [-0.25, -0.2) is 0 Å². The summed E-state index contributed by atoms with van der Waals surface area (Å²) in [5, 5.41) is 15.2. The van der Waals surface area contributed by atoms with Crippen molar-refractivity contribution in [1.82, 2.24) is 29.1 Å². The number of rotatable bonds is 6. The molecule has 0 bridgehead atoms. The molecule has 0 spiro atoms. The molecule has 7 aromatic carbocycles. The molecule has 0 aliphatic heterocycles. The molecule has 11 aromatic rings. The second kappa shape index (κ2) is 13.4. The molecule has 0 amide bonds. The number of nitrogens with zero attached hydrogens (tertiary/aromatic N) is 6. The van der Waals surface area contributed by atoms with Gasteiger partial charge in [0.2, 0.25) is 0 Å².